The van der Waals surface area contributed by atoms with E-state index < -0.39 is 22.2 Å². The van der Waals surface area contributed by atoms with E-state index in [1.807, 2.05) is 14.0 Å². The summed E-state index contributed by atoms with van der Waals surface area (Å²) in [6.45, 7) is 5.96. The van der Waals surface area contributed by atoms with E-state index in [0.717, 1.165) is 38.5 Å². The number of rotatable bonds is 6. The van der Waals surface area contributed by atoms with Gasteiger partial charge in [-0.15, -0.1) is 0 Å². The van der Waals surface area contributed by atoms with Crippen molar-refractivity contribution in [1.82, 2.24) is 9.21 Å². The first kappa shape index (κ1) is 27.5. The number of carbonyl (C=O) groups is 1. The summed E-state index contributed by atoms with van der Waals surface area (Å²) in [5.74, 6) is 6.41. The van der Waals surface area contributed by atoms with E-state index in [0.29, 0.717) is 12.1 Å². The molecule has 194 valence electrons. The summed E-state index contributed by atoms with van der Waals surface area (Å²) >= 11 is 0. The summed E-state index contributed by atoms with van der Waals surface area (Å²) < 4.78 is 34.9. The molecule has 0 bridgehead atoms. The van der Waals surface area contributed by atoms with E-state index in [1.54, 1.807) is 30.0 Å². The molecule has 0 saturated heterocycles. The normalized spacial score (nSPS) is 23.6. The number of amides is 1. The van der Waals surface area contributed by atoms with Crippen LogP contribution in [0.4, 0.5) is 0 Å². The lowest BCUT2D eigenvalue weighted by Crippen LogP contribution is -2.50. The summed E-state index contributed by atoms with van der Waals surface area (Å²) in [7, 11) is -2.08. The Hall–Kier alpha value is -2.08. The van der Waals surface area contributed by atoms with Gasteiger partial charge in [0.2, 0.25) is 15.9 Å². The lowest BCUT2D eigenvalue weighted by atomic mass is 9.88. The van der Waals surface area contributed by atoms with Crippen molar-refractivity contribution >= 4 is 15.9 Å². The molecule has 0 spiro atoms. The summed E-state index contributed by atoms with van der Waals surface area (Å²) in [6, 6.07) is 4.34. The fourth-order valence-corrected chi connectivity index (χ4v) is 6.66. The second-order valence-corrected chi connectivity index (χ2v) is 11.9. The molecule has 35 heavy (non-hydrogen) atoms. The van der Waals surface area contributed by atoms with Crippen LogP contribution in [0.15, 0.2) is 23.1 Å². The van der Waals surface area contributed by atoms with E-state index in [9.17, 15) is 18.3 Å². The van der Waals surface area contributed by atoms with Crippen molar-refractivity contribution < 1.29 is 23.1 Å². The third kappa shape index (κ3) is 6.58. The molecular weight excluding hydrogens is 464 g/mol. The number of benzene rings is 1. The van der Waals surface area contributed by atoms with Gasteiger partial charge in [-0.05, 0) is 44.4 Å². The van der Waals surface area contributed by atoms with Crippen LogP contribution in [-0.4, -0.2) is 67.5 Å². The number of fused-ring (bicyclic) bond motifs is 1. The van der Waals surface area contributed by atoms with E-state index in [4.69, 9.17) is 4.74 Å². The fraction of sp³-hybridized carbons (Fsp3) is 0.667. The summed E-state index contributed by atoms with van der Waals surface area (Å²) in [5.41, 5.74) is 0.688. The smallest absolute Gasteiger partial charge is 0.247 e. The highest BCUT2D eigenvalue weighted by Gasteiger charge is 2.38. The van der Waals surface area contributed by atoms with E-state index in [2.05, 4.69) is 18.8 Å². The van der Waals surface area contributed by atoms with Crippen molar-refractivity contribution in [2.45, 2.75) is 82.8 Å². The van der Waals surface area contributed by atoms with Crippen LogP contribution in [0, 0.1) is 23.7 Å². The molecule has 2 aliphatic rings. The minimum atomic E-state index is -3.89. The van der Waals surface area contributed by atoms with Gasteiger partial charge in [0, 0.05) is 43.5 Å². The van der Waals surface area contributed by atoms with Crippen LogP contribution in [0.1, 0.15) is 71.3 Å². The third-order valence-electron chi connectivity index (χ3n) is 7.06. The van der Waals surface area contributed by atoms with Crippen LogP contribution in [0.3, 0.4) is 0 Å². The van der Waals surface area contributed by atoms with Gasteiger partial charge in [-0.3, -0.25) is 4.79 Å². The molecule has 1 fully saturated rings. The Labute approximate surface area is 210 Å². The summed E-state index contributed by atoms with van der Waals surface area (Å²) in [6.07, 6.45) is 6.49. The number of aliphatic hydroxyl groups excluding tert-OH is 1. The molecular formula is C27H40N2O5S. The van der Waals surface area contributed by atoms with Gasteiger partial charge in [0.25, 0.3) is 0 Å². The third-order valence-corrected chi connectivity index (χ3v) is 9.08. The topological polar surface area (TPSA) is 87.2 Å². The van der Waals surface area contributed by atoms with E-state index in [-0.39, 0.29) is 41.5 Å². The largest absolute Gasteiger partial charge is 0.487 e. The molecule has 0 unspecified atom stereocenters. The first-order valence-electron chi connectivity index (χ1n) is 12.9. The maximum absolute atomic E-state index is 13.6. The molecule has 3 rings (SSSR count). The van der Waals surface area contributed by atoms with Crippen molar-refractivity contribution in [1.29, 1.82) is 0 Å². The number of unbranched alkanes of at least 4 members (excludes halogenated alkanes) is 1. The zero-order chi connectivity index (χ0) is 25.6. The molecule has 8 heteroatoms. The number of sulfonamides is 1. The highest BCUT2D eigenvalue weighted by atomic mass is 32.2. The van der Waals surface area contributed by atoms with Gasteiger partial charge in [-0.1, -0.05) is 45.0 Å². The van der Waals surface area contributed by atoms with Crippen molar-refractivity contribution in [2.75, 3.05) is 26.7 Å². The minimum absolute atomic E-state index is 0.0524. The first-order valence-corrected chi connectivity index (χ1v) is 14.3. The van der Waals surface area contributed by atoms with Crippen molar-refractivity contribution in [3.05, 3.63) is 23.8 Å². The van der Waals surface area contributed by atoms with Crippen LogP contribution in [0.5, 0.6) is 5.75 Å². The van der Waals surface area contributed by atoms with Crippen LogP contribution in [0.25, 0.3) is 0 Å². The summed E-state index contributed by atoms with van der Waals surface area (Å²) in [4.78, 5) is 14.9. The Morgan fingerprint density at radius 3 is 2.66 bits per heavy atom. The Bertz CT molecular complexity index is 1040. The molecule has 0 radical (unpaired) electrons. The Balaban J connectivity index is 1.96. The van der Waals surface area contributed by atoms with Crippen molar-refractivity contribution in [3.63, 3.8) is 0 Å². The quantitative estimate of drug-likeness (QED) is 0.598. The van der Waals surface area contributed by atoms with E-state index in [1.165, 1.54) is 10.7 Å². The van der Waals surface area contributed by atoms with Crippen LogP contribution >= 0.6 is 0 Å². The van der Waals surface area contributed by atoms with Gasteiger partial charge in [0.1, 0.15) is 16.7 Å². The Morgan fingerprint density at radius 2 is 2.00 bits per heavy atom. The van der Waals surface area contributed by atoms with Crippen molar-refractivity contribution in [3.8, 4) is 17.6 Å². The van der Waals surface area contributed by atoms with Gasteiger partial charge in [-0.25, -0.2) is 8.42 Å². The molecule has 1 aromatic rings. The maximum Gasteiger partial charge on any atom is 0.247 e. The molecule has 7 nitrogen and oxygen atoms in total. The molecule has 1 amide bonds. The number of nitrogens with zero attached hydrogens (tertiary/aromatic N) is 2. The van der Waals surface area contributed by atoms with Gasteiger partial charge in [0.15, 0.2) is 0 Å². The number of carbonyl (C=O) groups excluding carboxylic acids is 1. The Morgan fingerprint density at radius 1 is 1.29 bits per heavy atom. The van der Waals surface area contributed by atoms with Gasteiger partial charge >= 0.3 is 0 Å². The average Bonchev–Trinajstić information content (AvgIpc) is 2.85. The summed E-state index contributed by atoms with van der Waals surface area (Å²) in [5, 5.41) is 9.80. The number of likely N-dealkylation sites (N-methyl/N-ethyl adjacent to an activating group) is 1. The van der Waals surface area contributed by atoms with E-state index >= 15 is 0 Å². The second kappa shape index (κ2) is 12.2. The second-order valence-electron chi connectivity index (χ2n) is 10.0. The standard InChI is InChI=1S/C27H40N2O5S/c1-5-6-8-11-22-14-15-26-24(16-22)34-25(18-28(4)27(31)23-12-9-7-10-13-23)20(2)17-29(21(3)19-30)35(26,32)33/h14-16,20-21,23,25,30H,5-7,9-10,12-13,17-19H2,1-4H3/t20-,21-,25-/m0/s1. The lowest BCUT2D eigenvalue weighted by Gasteiger charge is -2.38. The number of aliphatic hydroxyl groups is 1. The molecule has 0 aromatic heterocycles. The first-order chi connectivity index (χ1) is 16.7. The average molecular weight is 505 g/mol. The van der Waals surface area contributed by atoms with Crippen molar-refractivity contribution in [2.24, 2.45) is 11.8 Å². The highest BCUT2D eigenvalue weighted by molar-refractivity contribution is 7.89. The SMILES string of the molecule is CCCC#Cc1ccc2c(c1)O[C@@H](CN(C)C(=O)C1CCCCC1)[C@@H](C)CN([C@@H](C)CO)S2(=O)=O. The molecule has 1 aliphatic carbocycles. The Kier molecular flexibility index (Phi) is 9.62. The predicted octanol–water partition coefficient (Wildman–Crippen LogP) is 3.65. The van der Waals surface area contributed by atoms with Gasteiger partial charge < -0.3 is 14.7 Å². The number of hydrogen-bond donors (Lipinski definition) is 1. The number of ether oxygens (including phenoxy) is 1. The molecule has 1 saturated carbocycles. The molecule has 1 aliphatic heterocycles. The minimum Gasteiger partial charge on any atom is -0.487 e. The zero-order valence-electron chi connectivity index (χ0n) is 21.5. The molecule has 1 heterocycles. The number of hydrogen-bond acceptors (Lipinski definition) is 5. The van der Waals surface area contributed by atoms with Gasteiger partial charge in [-0.2, -0.15) is 4.31 Å². The predicted molar refractivity (Wildman–Crippen MR) is 136 cm³/mol. The van der Waals surface area contributed by atoms with Crippen LogP contribution < -0.4 is 4.74 Å². The monoisotopic (exact) mass is 504 g/mol. The zero-order valence-corrected chi connectivity index (χ0v) is 22.3. The maximum atomic E-state index is 13.6. The van der Waals surface area contributed by atoms with Crippen LogP contribution in [0.2, 0.25) is 0 Å². The molecule has 1 N–H and O–H groups in total. The van der Waals surface area contributed by atoms with Crippen LogP contribution in [-0.2, 0) is 14.8 Å². The highest BCUT2D eigenvalue weighted by Crippen LogP contribution is 2.34. The lowest BCUT2D eigenvalue weighted by molar-refractivity contribution is -0.136. The van der Waals surface area contributed by atoms with Gasteiger partial charge in [0.05, 0.1) is 13.2 Å². The molecule has 3 atom stereocenters. The fourth-order valence-electron chi connectivity index (χ4n) is 4.83. The molecule has 1 aromatic carbocycles.